The molecule has 1 radical (unpaired) electrons. The SMILES string of the molecule is CC(C)Cc1cc(-c2[c-]cccc2)ncc1[Si](C)(C)C.CC(C)c1ccc2s[c-]c(-c3nc4ccccc4n3-c3ccc4ccccc4c3)c2c1.[Ir]. The zero-order valence-corrected chi connectivity index (χ0v) is 35.2. The van der Waals surface area contributed by atoms with E-state index in [1.165, 1.54) is 37.2 Å². The molecule has 52 heavy (non-hydrogen) atoms. The molecule has 0 saturated carbocycles. The van der Waals surface area contributed by atoms with E-state index in [4.69, 9.17) is 4.98 Å². The standard InChI is InChI=1S/C28H21N2S.C18H24NSi.Ir/c1-18(2)20-12-14-27-23(16-20)24(17-31-27)28-29-25-9-5-6-10-26(25)30(28)22-13-11-19-7-3-4-8-21(19)15-22;1-14(2)11-16-12-17(15-9-7-6-8-10-15)19-13-18(16)20(3,4)5;/h3-16,18H,1-2H3;6-9,12-14H,11H2,1-5H3;/q2*-1;. The molecule has 0 N–H and O–H groups in total. The zero-order valence-electron chi connectivity index (χ0n) is 31.0. The first-order valence-corrected chi connectivity index (χ1v) is 22.3. The fourth-order valence-corrected chi connectivity index (χ4v) is 9.18. The van der Waals surface area contributed by atoms with Crippen molar-refractivity contribution in [2.45, 2.75) is 59.7 Å². The number of pyridine rings is 1. The first kappa shape index (κ1) is 37.6. The van der Waals surface area contributed by atoms with E-state index in [0.717, 1.165) is 45.8 Å². The molecule has 3 heterocycles. The van der Waals surface area contributed by atoms with Gasteiger partial charge >= 0.3 is 0 Å². The van der Waals surface area contributed by atoms with Crippen LogP contribution in [0.25, 0.3) is 60.2 Å². The van der Waals surface area contributed by atoms with E-state index >= 15 is 0 Å². The Bertz CT molecular complexity index is 2450. The van der Waals surface area contributed by atoms with Crippen molar-refractivity contribution >= 4 is 56.5 Å². The van der Waals surface area contributed by atoms with Crippen molar-refractivity contribution in [3.63, 3.8) is 0 Å². The number of thiophene rings is 1. The number of nitrogens with zero attached hydrogens (tertiary/aromatic N) is 3. The number of fused-ring (bicyclic) bond motifs is 3. The molecule has 0 aliphatic rings. The van der Waals surface area contributed by atoms with Gasteiger partial charge in [0.1, 0.15) is 0 Å². The van der Waals surface area contributed by atoms with Crippen LogP contribution in [0.5, 0.6) is 0 Å². The quantitative estimate of drug-likeness (QED) is 0.118. The molecule has 0 spiro atoms. The van der Waals surface area contributed by atoms with Crippen LogP contribution in [0.2, 0.25) is 19.6 Å². The van der Waals surface area contributed by atoms with Crippen LogP contribution in [-0.2, 0) is 26.5 Å². The minimum atomic E-state index is -1.34. The number of para-hydroxylation sites is 2. The van der Waals surface area contributed by atoms with Crippen molar-refractivity contribution in [3.05, 3.63) is 144 Å². The molecular weight excluding hydrogens is 847 g/mol. The summed E-state index contributed by atoms with van der Waals surface area (Å²) in [6.07, 6.45) is 3.24. The number of aromatic nitrogens is 3. The Labute approximate surface area is 327 Å². The summed E-state index contributed by atoms with van der Waals surface area (Å²) in [6, 6.07) is 43.9. The predicted molar refractivity (Wildman–Crippen MR) is 222 cm³/mol. The van der Waals surface area contributed by atoms with Crippen molar-refractivity contribution in [1.82, 2.24) is 14.5 Å². The molecule has 6 heteroatoms. The molecule has 0 bridgehead atoms. The van der Waals surface area contributed by atoms with Gasteiger partial charge in [0.05, 0.1) is 24.9 Å². The minimum Gasteiger partial charge on any atom is -0.333 e. The van der Waals surface area contributed by atoms with E-state index in [9.17, 15) is 0 Å². The van der Waals surface area contributed by atoms with Gasteiger partial charge in [-0.3, -0.25) is 16.3 Å². The second-order valence-electron chi connectivity index (χ2n) is 15.1. The number of rotatable bonds is 7. The van der Waals surface area contributed by atoms with Crippen molar-refractivity contribution in [3.8, 4) is 28.3 Å². The van der Waals surface area contributed by atoms with Crippen molar-refractivity contribution in [2.75, 3.05) is 0 Å². The third-order valence-corrected chi connectivity index (χ3v) is 12.3. The van der Waals surface area contributed by atoms with Crippen LogP contribution in [-0.4, -0.2) is 22.6 Å². The molecule has 8 rings (SSSR count). The molecule has 0 atom stereocenters. The fourth-order valence-electron chi connectivity index (χ4n) is 6.77. The number of benzene rings is 5. The molecule has 5 aromatic carbocycles. The predicted octanol–water partition coefficient (Wildman–Crippen LogP) is 12.3. The number of hydrogen-bond donors (Lipinski definition) is 0. The van der Waals surface area contributed by atoms with E-state index in [1.807, 2.05) is 18.2 Å². The Morgan fingerprint density at radius 2 is 1.54 bits per heavy atom. The second kappa shape index (κ2) is 15.8. The fraction of sp³-hybridized carbons (Fsp3) is 0.217. The largest absolute Gasteiger partial charge is 0.333 e. The van der Waals surface area contributed by atoms with Crippen LogP contribution >= 0.6 is 11.3 Å². The molecular formula is C46H45IrN3SSi-2. The average molecular weight is 892 g/mol. The van der Waals surface area contributed by atoms with Crippen molar-refractivity contribution in [2.24, 2.45) is 5.92 Å². The summed E-state index contributed by atoms with van der Waals surface area (Å²) in [5.41, 5.74) is 9.25. The van der Waals surface area contributed by atoms with Gasteiger partial charge in [-0.05, 0) is 64.2 Å². The van der Waals surface area contributed by atoms with Crippen LogP contribution in [0, 0.1) is 17.4 Å². The minimum absolute atomic E-state index is 0. The normalized spacial score (nSPS) is 11.6. The summed E-state index contributed by atoms with van der Waals surface area (Å²) in [7, 11) is -1.34. The molecule has 0 saturated heterocycles. The van der Waals surface area contributed by atoms with Gasteiger partial charge in [0.15, 0.2) is 0 Å². The Morgan fingerprint density at radius 1 is 0.788 bits per heavy atom. The van der Waals surface area contributed by atoms with Gasteiger partial charge in [0, 0.05) is 32.0 Å². The van der Waals surface area contributed by atoms with Gasteiger partial charge in [-0.2, -0.15) is 0 Å². The molecule has 0 aliphatic heterocycles. The summed E-state index contributed by atoms with van der Waals surface area (Å²) in [4.78, 5) is 9.76. The molecule has 3 nitrogen and oxygen atoms in total. The van der Waals surface area contributed by atoms with Crippen LogP contribution in [0.1, 0.15) is 44.7 Å². The maximum Gasteiger partial charge on any atom is 0.0798 e. The summed E-state index contributed by atoms with van der Waals surface area (Å²) >= 11 is 1.67. The first-order chi connectivity index (χ1) is 24.6. The smallest absolute Gasteiger partial charge is 0.0798 e. The van der Waals surface area contributed by atoms with E-state index in [2.05, 4.69) is 172 Å². The van der Waals surface area contributed by atoms with Gasteiger partial charge in [0.25, 0.3) is 0 Å². The number of imidazole rings is 1. The van der Waals surface area contributed by atoms with E-state index in [0.29, 0.717) is 11.8 Å². The van der Waals surface area contributed by atoms with Crippen LogP contribution in [0.4, 0.5) is 0 Å². The molecule has 8 aromatic rings. The van der Waals surface area contributed by atoms with E-state index < -0.39 is 8.07 Å². The van der Waals surface area contributed by atoms with Crippen LogP contribution in [0.15, 0.2) is 121 Å². The topological polar surface area (TPSA) is 30.7 Å². The maximum absolute atomic E-state index is 5.07. The second-order valence-corrected chi connectivity index (χ2v) is 21.0. The molecule has 0 unspecified atom stereocenters. The average Bonchev–Trinajstić information content (AvgIpc) is 3.72. The molecule has 0 aliphatic carbocycles. The first-order valence-electron chi connectivity index (χ1n) is 17.9. The van der Waals surface area contributed by atoms with Crippen molar-refractivity contribution in [1.29, 1.82) is 0 Å². The summed E-state index contributed by atoms with van der Waals surface area (Å²) < 4.78 is 3.53. The Hall–Kier alpha value is -4.19. The monoisotopic (exact) mass is 892 g/mol. The molecule has 3 aromatic heterocycles. The maximum atomic E-state index is 5.07. The van der Waals surface area contributed by atoms with E-state index in [-0.39, 0.29) is 20.1 Å². The van der Waals surface area contributed by atoms with Gasteiger partial charge in [-0.25, -0.2) is 0 Å². The van der Waals surface area contributed by atoms with Gasteiger partial charge in [-0.1, -0.05) is 135 Å². The third-order valence-electron chi connectivity index (χ3n) is 9.39. The summed E-state index contributed by atoms with van der Waals surface area (Å²) in [6.45, 7) is 16.2. The Morgan fingerprint density at radius 3 is 2.27 bits per heavy atom. The van der Waals surface area contributed by atoms with Gasteiger partial charge in [-0.15, -0.1) is 47.3 Å². The molecule has 265 valence electrons. The van der Waals surface area contributed by atoms with Crippen LogP contribution in [0.3, 0.4) is 0 Å². The zero-order chi connectivity index (χ0) is 35.7. The Kier molecular flexibility index (Phi) is 11.4. The number of hydrogen-bond acceptors (Lipinski definition) is 3. The van der Waals surface area contributed by atoms with Gasteiger partial charge in [0.2, 0.25) is 0 Å². The summed E-state index contributed by atoms with van der Waals surface area (Å²) in [5, 5.41) is 8.75. The van der Waals surface area contributed by atoms with Crippen molar-refractivity contribution < 1.29 is 20.1 Å². The Balaban J connectivity index is 0.000000193. The van der Waals surface area contributed by atoms with E-state index in [1.54, 1.807) is 11.3 Å². The molecule has 0 amide bonds. The molecule has 0 fully saturated rings. The van der Waals surface area contributed by atoms with Crippen LogP contribution < -0.4 is 5.19 Å². The van der Waals surface area contributed by atoms with Gasteiger partial charge < -0.3 is 9.55 Å². The summed E-state index contributed by atoms with van der Waals surface area (Å²) in [5.74, 6) is 2.10. The third kappa shape index (κ3) is 7.91.